The van der Waals surface area contributed by atoms with E-state index in [1.54, 1.807) is 36.1 Å². The van der Waals surface area contributed by atoms with Gasteiger partial charge in [-0.2, -0.15) is 0 Å². The summed E-state index contributed by atoms with van der Waals surface area (Å²) in [4.78, 5) is 17.6. The Labute approximate surface area is 236 Å². The summed E-state index contributed by atoms with van der Waals surface area (Å²) in [6, 6.07) is 20.5. The maximum atomic E-state index is 13.7. The lowest BCUT2D eigenvalue weighted by atomic mass is 9.99. The van der Waals surface area contributed by atoms with Gasteiger partial charge in [-0.05, 0) is 62.0 Å². The van der Waals surface area contributed by atoms with E-state index in [9.17, 15) is 18.3 Å². The molecule has 214 valence electrons. The van der Waals surface area contributed by atoms with Crippen LogP contribution in [-0.2, 0) is 16.6 Å². The highest BCUT2D eigenvalue weighted by Crippen LogP contribution is 2.31. The second kappa shape index (κ2) is 12.7. The van der Waals surface area contributed by atoms with Crippen molar-refractivity contribution in [2.24, 2.45) is 5.92 Å². The van der Waals surface area contributed by atoms with E-state index in [1.165, 1.54) is 30.9 Å². The van der Waals surface area contributed by atoms with Gasteiger partial charge in [-0.1, -0.05) is 37.3 Å². The number of nitrogens with zero attached hydrogens (tertiary/aromatic N) is 2. The number of benzene rings is 3. The minimum absolute atomic E-state index is 0.0300. The number of sulfonamides is 1. The molecule has 1 aliphatic rings. The molecule has 0 fully saturated rings. The van der Waals surface area contributed by atoms with Gasteiger partial charge in [-0.3, -0.25) is 14.4 Å². The first-order chi connectivity index (χ1) is 19.1. The standard InChI is InChI=1S/C30H37N3O6S/c1-21-17-33(22(2)20-34)30(35)27-16-24(31-40(36,37)26-13-11-25(38-4)12-14-26)10-15-28(27)39-29(21)19-32(3)18-23-8-6-5-7-9-23/h5-16,21-22,29,31,34H,17-20H2,1-4H3/t21-,22-,29+/m0/s1. The molecule has 0 saturated carbocycles. The number of rotatable bonds is 10. The van der Waals surface area contributed by atoms with Crippen molar-refractivity contribution < 1.29 is 27.8 Å². The summed E-state index contributed by atoms with van der Waals surface area (Å²) < 4.78 is 40.2. The molecule has 1 amide bonds. The van der Waals surface area contributed by atoms with E-state index < -0.39 is 16.1 Å². The minimum atomic E-state index is -3.92. The van der Waals surface area contributed by atoms with Crippen molar-refractivity contribution in [1.82, 2.24) is 9.80 Å². The quantitative estimate of drug-likeness (QED) is 0.383. The van der Waals surface area contributed by atoms with E-state index in [0.717, 1.165) is 6.54 Å². The maximum Gasteiger partial charge on any atom is 0.261 e. The van der Waals surface area contributed by atoms with E-state index in [-0.39, 0.29) is 40.7 Å². The lowest BCUT2D eigenvalue weighted by molar-refractivity contribution is 0.0341. The second-order valence-electron chi connectivity index (χ2n) is 10.3. The van der Waals surface area contributed by atoms with E-state index in [1.807, 2.05) is 32.2 Å². The number of aliphatic hydroxyl groups excluding tert-OH is 1. The molecule has 9 nitrogen and oxygen atoms in total. The SMILES string of the molecule is COc1ccc(S(=O)(=O)Nc2ccc3c(c2)C(=O)N([C@@H](C)CO)C[C@H](C)[C@@H](CN(C)Cc2ccccc2)O3)cc1. The average molecular weight is 568 g/mol. The number of hydrogen-bond acceptors (Lipinski definition) is 7. The number of nitrogens with one attached hydrogen (secondary N) is 1. The Bertz CT molecular complexity index is 1400. The number of carbonyl (C=O) groups excluding carboxylic acids is 1. The average Bonchev–Trinajstić information content (AvgIpc) is 2.95. The fourth-order valence-electron chi connectivity index (χ4n) is 4.74. The van der Waals surface area contributed by atoms with Gasteiger partial charge in [0.2, 0.25) is 0 Å². The van der Waals surface area contributed by atoms with Crippen molar-refractivity contribution >= 4 is 21.6 Å². The summed E-state index contributed by atoms with van der Waals surface area (Å²) in [6.45, 7) is 5.36. The summed E-state index contributed by atoms with van der Waals surface area (Å²) in [6.07, 6.45) is -0.254. The summed E-state index contributed by atoms with van der Waals surface area (Å²) >= 11 is 0. The molecule has 0 unspecified atom stereocenters. The van der Waals surface area contributed by atoms with Crippen LogP contribution in [0.3, 0.4) is 0 Å². The smallest absolute Gasteiger partial charge is 0.261 e. The fraction of sp³-hybridized carbons (Fsp3) is 0.367. The van der Waals surface area contributed by atoms with Crippen molar-refractivity contribution in [2.75, 3.05) is 38.6 Å². The molecule has 2 N–H and O–H groups in total. The molecule has 3 aromatic rings. The van der Waals surface area contributed by atoms with Crippen LogP contribution in [0.25, 0.3) is 0 Å². The molecular weight excluding hydrogens is 530 g/mol. The second-order valence-corrected chi connectivity index (χ2v) is 12.0. The topological polar surface area (TPSA) is 108 Å². The van der Waals surface area contributed by atoms with Gasteiger partial charge >= 0.3 is 0 Å². The normalized spacial score (nSPS) is 18.4. The molecule has 0 bridgehead atoms. The molecule has 1 aliphatic heterocycles. The number of anilines is 1. The third-order valence-corrected chi connectivity index (χ3v) is 8.47. The van der Waals surface area contributed by atoms with Gasteiger partial charge in [0, 0.05) is 31.2 Å². The zero-order valence-electron chi connectivity index (χ0n) is 23.3. The fourth-order valence-corrected chi connectivity index (χ4v) is 5.79. The highest BCUT2D eigenvalue weighted by atomic mass is 32.2. The zero-order valence-corrected chi connectivity index (χ0v) is 24.1. The molecule has 10 heteroatoms. The number of amides is 1. The molecular formula is C30H37N3O6S. The van der Waals surface area contributed by atoms with E-state index in [4.69, 9.17) is 9.47 Å². The molecule has 0 radical (unpaired) electrons. The van der Waals surface area contributed by atoms with Gasteiger partial charge < -0.3 is 19.5 Å². The number of fused-ring (bicyclic) bond motifs is 1. The molecule has 40 heavy (non-hydrogen) atoms. The van der Waals surface area contributed by atoms with Crippen LogP contribution in [0.5, 0.6) is 11.5 Å². The number of aliphatic hydroxyl groups is 1. The molecule has 0 aromatic heterocycles. The van der Waals surface area contributed by atoms with Crippen molar-refractivity contribution in [2.45, 2.75) is 37.4 Å². The molecule has 3 aromatic carbocycles. The Morgan fingerprint density at radius 1 is 1.12 bits per heavy atom. The summed E-state index contributed by atoms with van der Waals surface area (Å²) in [7, 11) is -0.383. The van der Waals surface area contributed by atoms with Crippen LogP contribution in [0.1, 0.15) is 29.8 Å². The van der Waals surface area contributed by atoms with Gasteiger partial charge in [0.25, 0.3) is 15.9 Å². The molecule has 0 aliphatic carbocycles. The third kappa shape index (κ3) is 6.93. The van der Waals surface area contributed by atoms with Crippen LogP contribution in [-0.4, -0.2) is 75.2 Å². The van der Waals surface area contributed by atoms with Crippen LogP contribution in [0.2, 0.25) is 0 Å². The van der Waals surface area contributed by atoms with Gasteiger partial charge in [0.15, 0.2) is 0 Å². The third-order valence-electron chi connectivity index (χ3n) is 7.07. The van der Waals surface area contributed by atoms with Gasteiger partial charge in [-0.25, -0.2) is 8.42 Å². The van der Waals surface area contributed by atoms with Crippen LogP contribution in [0, 0.1) is 5.92 Å². The predicted octanol–water partition coefficient (Wildman–Crippen LogP) is 3.85. The highest BCUT2D eigenvalue weighted by molar-refractivity contribution is 7.92. The Kier molecular flexibility index (Phi) is 9.34. The number of methoxy groups -OCH3 is 1. The first kappa shape index (κ1) is 29.4. The number of carbonyl (C=O) groups is 1. The number of hydrogen-bond donors (Lipinski definition) is 2. The Balaban J connectivity index is 1.62. The Morgan fingerprint density at radius 3 is 2.48 bits per heavy atom. The molecule has 4 rings (SSSR count). The highest BCUT2D eigenvalue weighted by Gasteiger charge is 2.33. The lowest BCUT2D eigenvalue weighted by Gasteiger charge is -2.38. The lowest BCUT2D eigenvalue weighted by Crippen LogP contribution is -2.49. The first-order valence-electron chi connectivity index (χ1n) is 13.2. The molecule has 0 saturated heterocycles. The van der Waals surface area contributed by atoms with E-state index in [2.05, 4.69) is 21.8 Å². The first-order valence-corrected chi connectivity index (χ1v) is 14.7. The number of likely N-dealkylation sites (N-methyl/N-ethyl adjacent to an activating group) is 1. The van der Waals surface area contributed by atoms with Crippen molar-refractivity contribution in [3.05, 3.63) is 83.9 Å². The Hall–Kier alpha value is -3.60. The Morgan fingerprint density at radius 2 is 1.82 bits per heavy atom. The maximum absolute atomic E-state index is 13.7. The van der Waals surface area contributed by atoms with Crippen LogP contribution in [0.4, 0.5) is 5.69 Å². The van der Waals surface area contributed by atoms with Gasteiger partial charge in [0.05, 0.1) is 30.2 Å². The van der Waals surface area contributed by atoms with E-state index in [0.29, 0.717) is 24.6 Å². The summed E-state index contributed by atoms with van der Waals surface area (Å²) in [5.41, 5.74) is 1.65. The summed E-state index contributed by atoms with van der Waals surface area (Å²) in [5, 5.41) is 9.91. The van der Waals surface area contributed by atoms with Gasteiger partial charge in [-0.15, -0.1) is 0 Å². The molecule has 3 atom stereocenters. The minimum Gasteiger partial charge on any atom is -0.497 e. The van der Waals surface area contributed by atoms with Crippen molar-refractivity contribution in [3.8, 4) is 11.5 Å². The number of ether oxygens (including phenoxy) is 2. The monoisotopic (exact) mass is 567 g/mol. The van der Waals surface area contributed by atoms with Crippen LogP contribution >= 0.6 is 0 Å². The summed E-state index contributed by atoms with van der Waals surface area (Å²) in [5.74, 6) is 0.554. The van der Waals surface area contributed by atoms with E-state index >= 15 is 0 Å². The van der Waals surface area contributed by atoms with Crippen LogP contribution < -0.4 is 14.2 Å². The molecule has 1 heterocycles. The van der Waals surface area contributed by atoms with Crippen LogP contribution in [0.15, 0.2) is 77.7 Å². The van der Waals surface area contributed by atoms with Gasteiger partial charge in [0.1, 0.15) is 17.6 Å². The largest absolute Gasteiger partial charge is 0.497 e. The zero-order chi connectivity index (χ0) is 28.9. The van der Waals surface area contributed by atoms with Crippen molar-refractivity contribution in [3.63, 3.8) is 0 Å². The van der Waals surface area contributed by atoms with Crippen molar-refractivity contribution in [1.29, 1.82) is 0 Å². The molecule has 0 spiro atoms. The predicted molar refractivity (Wildman–Crippen MR) is 154 cm³/mol.